The number of nitrogens with one attached hydrogen (secondary N) is 2. The molecule has 2 bridgehead atoms. The third-order valence-electron chi connectivity index (χ3n) is 3.25. The Kier molecular flexibility index (Phi) is 2.76. The van der Waals surface area contributed by atoms with Gasteiger partial charge in [0.1, 0.15) is 0 Å². The Labute approximate surface area is 104 Å². The molecule has 0 saturated carbocycles. The summed E-state index contributed by atoms with van der Waals surface area (Å²) >= 11 is 5.82. The molecule has 1 aromatic heterocycles. The molecule has 0 spiro atoms. The van der Waals surface area contributed by atoms with Crippen molar-refractivity contribution < 1.29 is 4.74 Å². The lowest BCUT2D eigenvalue weighted by molar-refractivity contribution is 0.102. The number of anilines is 2. The van der Waals surface area contributed by atoms with Gasteiger partial charge in [0.05, 0.1) is 18.2 Å². The molecule has 0 amide bonds. The van der Waals surface area contributed by atoms with Crippen molar-refractivity contribution in [2.24, 2.45) is 0 Å². The summed E-state index contributed by atoms with van der Waals surface area (Å²) in [5.74, 6) is 0.979. The van der Waals surface area contributed by atoms with Crippen molar-refractivity contribution >= 4 is 23.5 Å². The Morgan fingerprint density at radius 3 is 2.71 bits per heavy atom. The highest BCUT2D eigenvalue weighted by Crippen LogP contribution is 2.35. The quantitative estimate of drug-likeness (QED) is 0.848. The number of nitrogens with zero attached hydrogens (tertiary/aromatic N) is 3. The van der Waals surface area contributed by atoms with Crippen LogP contribution in [0.5, 0.6) is 0 Å². The van der Waals surface area contributed by atoms with Crippen molar-refractivity contribution in [2.75, 3.05) is 17.7 Å². The zero-order valence-electron chi connectivity index (χ0n) is 9.48. The van der Waals surface area contributed by atoms with Crippen LogP contribution < -0.4 is 10.6 Å². The van der Waals surface area contributed by atoms with Gasteiger partial charge >= 0.3 is 0 Å². The molecule has 3 unspecified atom stereocenters. The third kappa shape index (κ3) is 2.14. The van der Waals surface area contributed by atoms with Gasteiger partial charge in [0.25, 0.3) is 0 Å². The Hall–Kier alpha value is -1.14. The lowest BCUT2D eigenvalue weighted by Gasteiger charge is -2.19. The molecule has 2 fully saturated rings. The number of halogens is 1. The number of ether oxygens (including phenoxy) is 1. The van der Waals surface area contributed by atoms with Gasteiger partial charge in [-0.3, -0.25) is 0 Å². The molecule has 0 aliphatic carbocycles. The summed E-state index contributed by atoms with van der Waals surface area (Å²) < 4.78 is 5.76. The first kappa shape index (κ1) is 11.0. The zero-order valence-corrected chi connectivity index (χ0v) is 10.2. The number of rotatable bonds is 3. The van der Waals surface area contributed by atoms with Crippen LogP contribution in [0.3, 0.4) is 0 Å². The summed E-state index contributed by atoms with van der Waals surface area (Å²) in [7, 11) is 1.75. The van der Waals surface area contributed by atoms with E-state index in [1.54, 1.807) is 7.05 Å². The Morgan fingerprint density at radius 2 is 2.06 bits per heavy atom. The van der Waals surface area contributed by atoms with E-state index in [0.717, 1.165) is 12.8 Å². The summed E-state index contributed by atoms with van der Waals surface area (Å²) in [6, 6.07) is 0.289. The second-order valence-electron chi connectivity index (χ2n) is 4.36. The summed E-state index contributed by atoms with van der Waals surface area (Å²) in [4.78, 5) is 12.2. The normalized spacial score (nSPS) is 30.6. The molecular weight excluding hydrogens is 242 g/mol. The van der Waals surface area contributed by atoms with Gasteiger partial charge in [-0.1, -0.05) is 0 Å². The monoisotopic (exact) mass is 255 g/mol. The smallest absolute Gasteiger partial charge is 0.229 e. The molecule has 2 aliphatic rings. The van der Waals surface area contributed by atoms with E-state index in [9.17, 15) is 0 Å². The summed E-state index contributed by atoms with van der Waals surface area (Å²) in [5, 5.41) is 6.32. The van der Waals surface area contributed by atoms with E-state index in [1.165, 1.54) is 6.42 Å². The van der Waals surface area contributed by atoms with Crippen LogP contribution >= 0.6 is 11.6 Å². The van der Waals surface area contributed by atoms with Crippen molar-refractivity contribution in [3.63, 3.8) is 0 Å². The van der Waals surface area contributed by atoms with Gasteiger partial charge < -0.3 is 15.4 Å². The first-order valence-electron chi connectivity index (χ1n) is 5.76. The molecule has 3 rings (SSSR count). The zero-order chi connectivity index (χ0) is 11.8. The van der Waals surface area contributed by atoms with Gasteiger partial charge in [-0.2, -0.15) is 15.0 Å². The fourth-order valence-electron chi connectivity index (χ4n) is 2.48. The molecule has 17 heavy (non-hydrogen) atoms. The average molecular weight is 256 g/mol. The van der Waals surface area contributed by atoms with Crippen molar-refractivity contribution in [1.82, 2.24) is 15.0 Å². The van der Waals surface area contributed by atoms with Crippen molar-refractivity contribution in [1.29, 1.82) is 0 Å². The predicted octanol–water partition coefficient (Wildman–Crippen LogP) is 1.30. The molecule has 6 nitrogen and oxygen atoms in total. The van der Waals surface area contributed by atoms with E-state index in [-0.39, 0.29) is 17.4 Å². The molecule has 0 radical (unpaired) electrons. The number of hydrogen-bond acceptors (Lipinski definition) is 6. The molecule has 2 N–H and O–H groups in total. The van der Waals surface area contributed by atoms with Gasteiger partial charge in [0.2, 0.25) is 17.2 Å². The topological polar surface area (TPSA) is 72.0 Å². The minimum Gasteiger partial charge on any atom is -0.373 e. The molecule has 3 heterocycles. The van der Waals surface area contributed by atoms with Gasteiger partial charge in [-0.15, -0.1) is 0 Å². The maximum atomic E-state index is 5.82. The highest BCUT2D eigenvalue weighted by atomic mass is 35.5. The van der Waals surface area contributed by atoms with Crippen LogP contribution in [0.4, 0.5) is 11.9 Å². The van der Waals surface area contributed by atoms with Crippen LogP contribution in [0.15, 0.2) is 0 Å². The molecule has 2 saturated heterocycles. The first-order valence-corrected chi connectivity index (χ1v) is 6.13. The van der Waals surface area contributed by atoms with Crippen molar-refractivity contribution in [3.8, 4) is 0 Å². The van der Waals surface area contributed by atoms with Crippen LogP contribution in [0, 0.1) is 0 Å². The molecule has 7 heteroatoms. The maximum Gasteiger partial charge on any atom is 0.229 e. The Balaban J connectivity index is 1.74. The number of fused-ring (bicyclic) bond motifs is 2. The Morgan fingerprint density at radius 1 is 1.24 bits per heavy atom. The predicted molar refractivity (Wildman–Crippen MR) is 64.3 cm³/mol. The first-order chi connectivity index (χ1) is 8.24. The molecule has 0 aromatic carbocycles. The van der Waals surface area contributed by atoms with E-state index in [4.69, 9.17) is 16.3 Å². The number of hydrogen-bond donors (Lipinski definition) is 2. The fraction of sp³-hybridized carbons (Fsp3) is 0.700. The van der Waals surface area contributed by atoms with Crippen LogP contribution in [0.2, 0.25) is 5.28 Å². The lowest BCUT2D eigenvalue weighted by atomic mass is 9.96. The maximum absolute atomic E-state index is 5.82. The second kappa shape index (κ2) is 4.27. The third-order valence-corrected chi connectivity index (χ3v) is 3.42. The average Bonchev–Trinajstić information content (AvgIpc) is 2.90. The molecule has 3 atom stereocenters. The van der Waals surface area contributed by atoms with Gasteiger partial charge in [-0.05, 0) is 30.9 Å². The van der Waals surface area contributed by atoms with E-state index < -0.39 is 0 Å². The summed E-state index contributed by atoms with van der Waals surface area (Å²) in [6.07, 6.45) is 3.98. The summed E-state index contributed by atoms with van der Waals surface area (Å²) in [6.45, 7) is 0. The van der Waals surface area contributed by atoms with Crippen molar-refractivity contribution in [2.45, 2.75) is 37.5 Å². The minimum atomic E-state index is 0.191. The highest BCUT2D eigenvalue weighted by molar-refractivity contribution is 6.28. The largest absolute Gasteiger partial charge is 0.373 e. The highest BCUT2D eigenvalue weighted by Gasteiger charge is 2.41. The van der Waals surface area contributed by atoms with E-state index in [0.29, 0.717) is 18.0 Å². The van der Waals surface area contributed by atoms with Crippen molar-refractivity contribution in [3.05, 3.63) is 5.28 Å². The SMILES string of the molecule is CNc1nc(Cl)nc(NC2CC3CCC2O3)n1. The van der Waals surface area contributed by atoms with Gasteiger partial charge in [-0.25, -0.2) is 0 Å². The molecule has 1 aromatic rings. The van der Waals surface area contributed by atoms with Crippen LogP contribution in [-0.2, 0) is 4.74 Å². The van der Waals surface area contributed by atoms with Crippen LogP contribution in [0.1, 0.15) is 19.3 Å². The molecule has 92 valence electrons. The molecule has 2 aliphatic heterocycles. The summed E-state index contributed by atoms with van der Waals surface area (Å²) in [5.41, 5.74) is 0. The second-order valence-corrected chi connectivity index (χ2v) is 4.70. The number of aromatic nitrogens is 3. The van der Waals surface area contributed by atoms with Crippen LogP contribution in [-0.4, -0.2) is 40.2 Å². The van der Waals surface area contributed by atoms with E-state index in [1.807, 2.05) is 0 Å². The standard InChI is InChI=1S/C10H14ClN5O/c1-12-9-14-8(11)15-10(16-9)13-6-4-5-2-3-7(6)17-5/h5-7H,2-4H2,1H3,(H2,12,13,14,15,16). The Bertz CT molecular complexity index is 429. The minimum absolute atomic E-state index is 0.191. The van der Waals surface area contributed by atoms with E-state index in [2.05, 4.69) is 25.6 Å². The van der Waals surface area contributed by atoms with Crippen LogP contribution in [0.25, 0.3) is 0 Å². The van der Waals surface area contributed by atoms with Gasteiger partial charge in [0, 0.05) is 7.05 Å². The molecular formula is C10H14ClN5O. The van der Waals surface area contributed by atoms with Gasteiger partial charge in [0.15, 0.2) is 0 Å². The van der Waals surface area contributed by atoms with E-state index >= 15 is 0 Å². The lowest BCUT2D eigenvalue weighted by Crippen LogP contribution is -2.31. The fourth-order valence-corrected chi connectivity index (χ4v) is 2.64.